The van der Waals surface area contributed by atoms with Crippen LogP contribution in [0.4, 0.5) is 0 Å². The van der Waals surface area contributed by atoms with Crippen LogP contribution in [0.5, 0.6) is 0 Å². The fourth-order valence-electron chi connectivity index (χ4n) is 0.282. The molecule has 1 N–H and O–H groups in total. The molecule has 0 atom stereocenters. The third kappa shape index (κ3) is 10.6. The van der Waals surface area contributed by atoms with Crippen molar-refractivity contribution in [3.8, 4) is 0 Å². The average Bonchev–Trinajstić information content (AvgIpc) is 1.63. The maximum atomic E-state index is 10.0. The average molecular weight is 158 g/mol. The third-order valence-corrected chi connectivity index (χ3v) is 0.621. The molecule has 0 aliphatic rings. The summed E-state index contributed by atoms with van der Waals surface area (Å²) in [6, 6.07) is 0. The number of ether oxygens (including phenoxy) is 1. The fraction of sp³-hybridized carbons (Fsp3) is 0.600. The first-order chi connectivity index (χ1) is 4.13. The van der Waals surface area contributed by atoms with E-state index in [1.165, 1.54) is 6.92 Å². The molecule has 5 heteroatoms. The molecule has 0 aliphatic heterocycles. The van der Waals surface area contributed by atoms with Crippen LogP contribution in [0.15, 0.2) is 0 Å². The minimum Gasteiger partial charge on any atom is -1.00 e. The van der Waals surface area contributed by atoms with Crippen molar-refractivity contribution in [2.24, 2.45) is 0 Å². The van der Waals surface area contributed by atoms with Crippen molar-refractivity contribution in [1.29, 1.82) is 0 Å². The summed E-state index contributed by atoms with van der Waals surface area (Å²) < 4.78 is 4.33. The Balaban J connectivity index is -0.000000107. The molecule has 0 aromatic heterocycles. The van der Waals surface area contributed by atoms with Crippen LogP contribution < -0.4 is 0 Å². The monoisotopic (exact) mass is 158 g/mol. The fourth-order valence-corrected chi connectivity index (χ4v) is 0.282. The van der Waals surface area contributed by atoms with E-state index in [0.717, 1.165) is 0 Å². The first-order valence-corrected chi connectivity index (χ1v) is 2.48. The van der Waals surface area contributed by atoms with Crippen molar-refractivity contribution in [2.75, 3.05) is 6.61 Å². The van der Waals surface area contributed by atoms with Crippen molar-refractivity contribution < 1.29 is 22.3 Å². The maximum absolute atomic E-state index is 10.0. The van der Waals surface area contributed by atoms with Crippen molar-refractivity contribution in [1.82, 2.24) is 0 Å². The summed E-state index contributed by atoms with van der Waals surface area (Å²) in [5.41, 5.74) is 0. The molecule has 10 heavy (non-hydrogen) atoms. The number of carboxylic acid groups (broad SMARTS) is 1. The number of hydrogen-bond acceptors (Lipinski definition) is 3. The summed E-state index contributed by atoms with van der Waals surface area (Å²) in [5.74, 6) is -1.41. The summed E-state index contributed by atoms with van der Waals surface area (Å²) in [6.45, 7) is 1.20. The van der Waals surface area contributed by atoms with Crippen LogP contribution in [-0.4, -0.2) is 46.7 Å². The topological polar surface area (TPSA) is 63.6 Å². The normalized spacial score (nSPS) is 7.70. The maximum Gasteiger partial charge on any atom is 2.00 e. The molecule has 0 rings (SSSR count). The smallest absolute Gasteiger partial charge is 1.00 e. The minimum atomic E-state index is -0.962. The molecule has 0 aliphatic carbocycles. The van der Waals surface area contributed by atoms with Crippen LogP contribution >= 0.6 is 0 Å². The predicted molar refractivity (Wildman–Crippen MR) is 36.9 cm³/mol. The SMILES string of the molecule is CC(=O)OCCC(=O)O.[H-].[H-].[Mg+2]. The summed E-state index contributed by atoms with van der Waals surface area (Å²) in [6.07, 6.45) is -0.125. The molecule has 0 bridgehead atoms. The molecule has 56 valence electrons. The Bertz CT molecular complexity index is 117. The molecule has 0 saturated carbocycles. The van der Waals surface area contributed by atoms with Gasteiger partial charge >= 0.3 is 35.0 Å². The molecule has 0 unspecified atom stereocenters. The second-order valence-electron chi connectivity index (χ2n) is 1.48. The zero-order chi connectivity index (χ0) is 7.28. The van der Waals surface area contributed by atoms with E-state index in [2.05, 4.69) is 4.74 Å². The first-order valence-electron chi connectivity index (χ1n) is 2.48. The Kier molecular flexibility index (Phi) is 8.45. The number of esters is 1. The number of carbonyl (C=O) groups is 2. The molecule has 0 radical (unpaired) electrons. The molecule has 0 amide bonds. The van der Waals surface area contributed by atoms with Crippen molar-refractivity contribution in [2.45, 2.75) is 13.3 Å². The van der Waals surface area contributed by atoms with Gasteiger partial charge in [-0.25, -0.2) is 0 Å². The van der Waals surface area contributed by atoms with Gasteiger partial charge in [0.2, 0.25) is 0 Å². The van der Waals surface area contributed by atoms with Crippen LogP contribution in [0.2, 0.25) is 0 Å². The van der Waals surface area contributed by atoms with Crippen LogP contribution in [0.1, 0.15) is 16.2 Å². The van der Waals surface area contributed by atoms with Gasteiger partial charge in [0.1, 0.15) is 6.61 Å². The van der Waals surface area contributed by atoms with E-state index in [1.54, 1.807) is 0 Å². The first kappa shape index (κ1) is 12.4. The van der Waals surface area contributed by atoms with Crippen LogP contribution in [0.25, 0.3) is 0 Å². The van der Waals surface area contributed by atoms with Gasteiger partial charge in [0.05, 0.1) is 6.42 Å². The van der Waals surface area contributed by atoms with E-state index in [9.17, 15) is 9.59 Å². The standard InChI is InChI=1S/C5H8O4.Mg.2H/c1-4(6)9-3-2-5(7)8;;;/h2-3H2,1H3,(H,7,8);;;/q;+2;2*-1. The second-order valence-corrected chi connectivity index (χ2v) is 1.48. The van der Waals surface area contributed by atoms with E-state index < -0.39 is 11.9 Å². The largest absolute Gasteiger partial charge is 2.00 e. The Morgan fingerprint density at radius 2 is 2.10 bits per heavy atom. The number of hydrogen-bond donors (Lipinski definition) is 1. The third-order valence-electron chi connectivity index (χ3n) is 0.621. The number of carbonyl (C=O) groups excluding carboxylic acids is 1. The number of rotatable bonds is 3. The molecule has 0 aromatic carbocycles. The van der Waals surface area contributed by atoms with Crippen LogP contribution in [0, 0.1) is 0 Å². The Morgan fingerprint density at radius 1 is 1.60 bits per heavy atom. The van der Waals surface area contributed by atoms with Gasteiger partial charge < -0.3 is 12.7 Å². The number of carboxylic acids is 1. The predicted octanol–water partition coefficient (Wildman–Crippen LogP) is -0.132. The number of aliphatic carboxylic acids is 1. The molecular weight excluding hydrogens is 148 g/mol. The van der Waals surface area contributed by atoms with Gasteiger partial charge in [0.25, 0.3) is 0 Å². The molecule has 0 fully saturated rings. The molecule has 0 saturated heterocycles. The summed E-state index contributed by atoms with van der Waals surface area (Å²) in [7, 11) is 0. The minimum absolute atomic E-state index is 0. The van der Waals surface area contributed by atoms with E-state index in [0.29, 0.717) is 0 Å². The second kappa shape index (κ2) is 6.82. The molecular formula is C5H10MgO4. The summed E-state index contributed by atoms with van der Waals surface area (Å²) in [4.78, 5) is 19.8. The van der Waals surface area contributed by atoms with Crippen molar-refractivity contribution in [3.05, 3.63) is 0 Å². The van der Waals surface area contributed by atoms with E-state index in [-0.39, 0.29) is 38.9 Å². The van der Waals surface area contributed by atoms with Gasteiger partial charge in [-0.15, -0.1) is 0 Å². The van der Waals surface area contributed by atoms with E-state index >= 15 is 0 Å². The Hall–Kier alpha value is -0.294. The quantitative estimate of drug-likeness (QED) is 0.459. The van der Waals surface area contributed by atoms with Crippen molar-refractivity contribution >= 4 is 35.0 Å². The van der Waals surface area contributed by atoms with Gasteiger partial charge in [0, 0.05) is 6.92 Å². The zero-order valence-corrected chi connectivity index (χ0v) is 7.21. The molecule has 0 aromatic rings. The molecule has 0 spiro atoms. The van der Waals surface area contributed by atoms with Crippen LogP contribution in [-0.2, 0) is 14.3 Å². The van der Waals surface area contributed by atoms with Gasteiger partial charge in [-0.2, -0.15) is 0 Å². The zero-order valence-electron chi connectivity index (χ0n) is 7.79. The van der Waals surface area contributed by atoms with Gasteiger partial charge in [-0.1, -0.05) is 0 Å². The summed E-state index contributed by atoms with van der Waals surface area (Å²) in [5, 5.41) is 8.04. The Morgan fingerprint density at radius 3 is 2.40 bits per heavy atom. The van der Waals surface area contributed by atoms with Crippen LogP contribution in [0.3, 0.4) is 0 Å². The van der Waals surface area contributed by atoms with E-state index in [4.69, 9.17) is 5.11 Å². The van der Waals surface area contributed by atoms with Crippen molar-refractivity contribution in [3.63, 3.8) is 0 Å². The Labute approximate surface area is 77.7 Å². The molecule has 0 heterocycles. The van der Waals surface area contributed by atoms with E-state index in [1.807, 2.05) is 0 Å². The van der Waals surface area contributed by atoms with Gasteiger partial charge in [-0.05, 0) is 0 Å². The van der Waals surface area contributed by atoms with Gasteiger partial charge in [-0.3, -0.25) is 9.59 Å². The summed E-state index contributed by atoms with van der Waals surface area (Å²) >= 11 is 0. The van der Waals surface area contributed by atoms with Gasteiger partial charge in [0.15, 0.2) is 0 Å². The molecule has 4 nitrogen and oxygen atoms in total.